The van der Waals surface area contributed by atoms with Crippen LogP contribution in [0.2, 0.25) is 0 Å². The summed E-state index contributed by atoms with van der Waals surface area (Å²) < 4.78 is 10.3. The molecule has 1 atom stereocenters. The van der Waals surface area contributed by atoms with E-state index >= 15 is 0 Å². The van der Waals surface area contributed by atoms with E-state index in [9.17, 15) is 4.79 Å². The first-order chi connectivity index (χ1) is 6.54. The minimum atomic E-state index is -0.262. The molecule has 0 radical (unpaired) electrons. The molecule has 0 spiro atoms. The van der Waals surface area contributed by atoms with Gasteiger partial charge in [0.2, 0.25) is 0 Å². The molecular formula is C10H19NO3. The second kappa shape index (κ2) is 4.64. The molecule has 0 aromatic carbocycles. The van der Waals surface area contributed by atoms with Gasteiger partial charge >= 0.3 is 6.09 Å². The van der Waals surface area contributed by atoms with Gasteiger partial charge in [0, 0.05) is 0 Å². The maximum atomic E-state index is 11.0. The minimum Gasteiger partial charge on any atom is -0.453 e. The highest BCUT2D eigenvalue weighted by Crippen LogP contribution is 2.17. The maximum Gasteiger partial charge on any atom is 0.409 e. The summed E-state index contributed by atoms with van der Waals surface area (Å²) in [4.78, 5) is 12.6. The van der Waals surface area contributed by atoms with Gasteiger partial charge in [0.1, 0.15) is 0 Å². The number of methoxy groups -OCH3 is 1. The second-order valence-corrected chi connectivity index (χ2v) is 4.08. The van der Waals surface area contributed by atoms with Crippen LogP contribution in [-0.4, -0.2) is 43.4 Å². The fourth-order valence-corrected chi connectivity index (χ4v) is 1.26. The van der Waals surface area contributed by atoms with E-state index in [0.717, 1.165) is 0 Å². The van der Waals surface area contributed by atoms with E-state index in [-0.39, 0.29) is 18.3 Å². The molecule has 14 heavy (non-hydrogen) atoms. The van der Waals surface area contributed by atoms with Crippen molar-refractivity contribution in [3.8, 4) is 0 Å². The molecule has 0 N–H and O–H groups in total. The third kappa shape index (κ3) is 2.61. The van der Waals surface area contributed by atoms with Gasteiger partial charge in [-0.25, -0.2) is 4.79 Å². The van der Waals surface area contributed by atoms with Crippen LogP contribution in [-0.2, 0) is 9.47 Å². The van der Waals surface area contributed by atoms with Crippen molar-refractivity contribution in [2.75, 3.05) is 20.2 Å². The molecule has 0 bridgehead atoms. The van der Waals surface area contributed by atoms with Crippen molar-refractivity contribution in [1.29, 1.82) is 0 Å². The van der Waals surface area contributed by atoms with Crippen LogP contribution in [0.1, 0.15) is 20.8 Å². The number of nitrogens with zero attached hydrogens (tertiary/aromatic N) is 1. The van der Waals surface area contributed by atoms with Crippen molar-refractivity contribution in [3.05, 3.63) is 0 Å². The van der Waals surface area contributed by atoms with Gasteiger partial charge in [-0.05, 0) is 12.8 Å². The Morgan fingerprint density at radius 3 is 2.36 bits per heavy atom. The fourth-order valence-electron chi connectivity index (χ4n) is 1.26. The number of hydrogen-bond donors (Lipinski definition) is 0. The Balaban J connectivity index is 2.19. The molecule has 1 rings (SSSR count). The first-order valence-corrected chi connectivity index (χ1v) is 5.03. The third-order valence-electron chi connectivity index (χ3n) is 2.63. The molecule has 1 aliphatic rings. The summed E-state index contributed by atoms with van der Waals surface area (Å²) in [7, 11) is 1.40. The monoisotopic (exact) mass is 201 g/mol. The predicted molar refractivity (Wildman–Crippen MR) is 53.2 cm³/mol. The van der Waals surface area contributed by atoms with E-state index in [4.69, 9.17) is 4.74 Å². The van der Waals surface area contributed by atoms with Crippen LogP contribution in [0.25, 0.3) is 0 Å². The zero-order valence-corrected chi connectivity index (χ0v) is 9.32. The summed E-state index contributed by atoms with van der Waals surface area (Å²) >= 11 is 0. The SMILES string of the molecule is COC(=O)N1CC(OC(C)C(C)C)C1. The van der Waals surface area contributed by atoms with Crippen LogP contribution >= 0.6 is 0 Å². The first-order valence-electron chi connectivity index (χ1n) is 5.03. The standard InChI is InChI=1S/C10H19NO3/c1-7(2)8(3)14-9-5-11(6-9)10(12)13-4/h7-9H,5-6H2,1-4H3. The maximum absolute atomic E-state index is 11.0. The predicted octanol–water partition coefficient (Wildman–Crippen LogP) is 1.50. The molecule has 1 heterocycles. The Morgan fingerprint density at radius 1 is 1.36 bits per heavy atom. The van der Waals surface area contributed by atoms with Crippen molar-refractivity contribution in [2.24, 2.45) is 5.92 Å². The summed E-state index contributed by atoms with van der Waals surface area (Å²) in [6.45, 7) is 7.63. The zero-order chi connectivity index (χ0) is 10.7. The minimum absolute atomic E-state index is 0.187. The van der Waals surface area contributed by atoms with Gasteiger partial charge < -0.3 is 14.4 Å². The number of ether oxygens (including phenoxy) is 2. The summed E-state index contributed by atoms with van der Waals surface area (Å²) in [6, 6.07) is 0. The molecule has 1 fully saturated rings. The molecule has 1 saturated heterocycles. The van der Waals surface area contributed by atoms with Crippen LogP contribution in [0.15, 0.2) is 0 Å². The number of carbonyl (C=O) groups is 1. The van der Waals surface area contributed by atoms with Gasteiger partial charge in [-0.3, -0.25) is 0 Å². The normalized spacial score (nSPS) is 19.4. The van der Waals surface area contributed by atoms with Crippen molar-refractivity contribution in [3.63, 3.8) is 0 Å². The highest BCUT2D eigenvalue weighted by molar-refractivity contribution is 5.68. The Hall–Kier alpha value is -0.770. The Morgan fingerprint density at radius 2 is 1.93 bits per heavy atom. The lowest BCUT2D eigenvalue weighted by Gasteiger charge is -2.39. The Kier molecular flexibility index (Phi) is 3.75. The lowest BCUT2D eigenvalue weighted by Crippen LogP contribution is -2.55. The molecule has 0 aliphatic carbocycles. The molecule has 82 valence electrons. The first kappa shape index (κ1) is 11.3. The molecule has 1 unspecified atom stereocenters. The molecule has 0 saturated carbocycles. The van der Waals surface area contributed by atoms with Crippen LogP contribution in [0.4, 0.5) is 4.79 Å². The van der Waals surface area contributed by atoms with E-state index in [1.807, 2.05) is 0 Å². The van der Waals surface area contributed by atoms with Gasteiger partial charge in [0.15, 0.2) is 0 Å². The number of likely N-dealkylation sites (tertiary alicyclic amines) is 1. The number of hydrogen-bond acceptors (Lipinski definition) is 3. The van der Waals surface area contributed by atoms with E-state index in [0.29, 0.717) is 19.0 Å². The lowest BCUT2D eigenvalue weighted by atomic mass is 10.1. The topological polar surface area (TPSA) is 38.8 Å². The number of amides is 1. The van der Waals surface area contributed by atoms with Gasteiger partial charge in [-0.15, -0.1) is 0 Å². The molecule has 1 aliphatic heterocycles. The van der Waals surface area contributed by atoms with E-state index in [1.165, 1.54) is 7.11 Å². The van der Waals surface area contributed by atoms with Crippen LogP contribution < -0.4 is 0 Å². The zero-order valence-electron chi connectivity index (χ0n) is 9.32. The summed E-state index contributed by atoms with van der Waals surface area (Å²) in [5, 5.41) is 0. The molecular weight excluding hydrogens is 182 g/mol. The van der Waals surface area contributed by atoms with Gasteiger partial charge in [0.05, 0.1) is 32.4 Å². The summed E-state index contributed by atoms with van der Waals surface area (Å²) in [6.07, 6.45) is 0.174. The van der Waals surface area contributed by atoms with Crippen molar-refractivity contribution in [2.45, 2.75) is 33.0 Å². The average Bonchev–Trinajstić information content (AvgIpc) is 2.08. The quantitative estimate of drug-likeness (QED) is 0.694. The van der Waals surface area contributed by atoms with Crippen molar-refractivity contribution < 1.29 is 14.3 Å². The van der Waals surface area contributed by atoms with Crippen molar-refractivity contribution >= 4 is 6.09 Å². The largest absolute Gasteiger partial charge is 0.453 e. The number of rotatable bonds is 3. The lowest BCUT2D eigenvalue weighted by molar-refractivity contribution is -0.0913. The van der Waals surface area contributed by atoms with Crippen LogP contribution in [0.5, 0.6) is 0 Å². The molecule has 4 nitrogen and oxygen atoms in total. The Labute approximate surface area is 85.2 Å². The van der Waals surface area contributed by atoms with Gasteiger partial charge in [-0.1, -0.05) is 13.8 Å². The van der Waals surface area contributed by atoms with Crippen LogP contribution in [0.3, 0.4) is 0 Å². The Bertz CT molecular complexity index is 200. The van der Waals surface area contributed by atoms with Gasteiger partial charge in [0.25, 0.3) is 0 Å². The smallest absolute Gasteiger partial charge is 0.409 e. The highest BCUT2D eigenvalue weighted by atomic mass is 16.5. The molecule has 0 aromatic heterocycles. The fraction of sp³-hybridized carbons (Fsp3) is 0.900. The second-order valence-electron chi connectivity index (χ2n) is 4.08. The van der Waals surface area contributed by atoms with Gasteiger partial charge in [-0.2, -0.15) is 0 Å². The molecule has 1 amide bonds. The summed E-state index contributed by atoms with van der Waals surface area (Å²) in [5.41, 5.74) is 0. The third-order valence-corrected chi connectivity index (χ3v) is 2.63. The molecule has 0 aromatic rings. The van der Waals surface area contributed by atoms with Crippen LogP contribution in [0, 0.1) is 5.92 Å². The van der Waals surface area contributed by atoms with E-state index in [1.54, 1.807) is 4.90 Å². The highest BCUT2D eigenvalue weighted by Gasteiger charge is 2.33. The molecule has 4 heteroatoms. The summed E-state index contributed by atoms with van der Waals surface area (Å²) in [5.74, 6) is 0.516. The van der Waals surface area contributed by atoms with Crippen molar-refractivity contribution in [1.82, 2.24) is 4.90 Å². The van der Waals surface area contributed by atoms with E-state index in [2.05, 4.69) is 25.5 Å². The number of carbonyl (C=O) groups excluding carboxylic acids is 1. The van der Waals surface area contributed by atoms with E-state index < -0.39 is 0 Å². The average molecular weight is 201 g/mol.